The molecular weight excluding hydrogens is 388 g/mol. The van der Waals surface area contributed by atoms with Gasteiger partial charge in [0.2, 0.25) is 5.91 Å². The number of nitrogens with zero attached hydrogens (tertiary/aromatic N) is 4. The Kier molecular flexibility index (Phi) is 5.63. The van der Waals surface area contributed by atoms with Crippen molar-refractivity contribution in [3.8, 4) is 11.5 Å². The minimum atomic E-state index is -3.45. The van der Waals surface area contributed by atoms with Gasteiger partial charge < -0.3 is 4.90 Å². The summed E-state index contributed by atoms with van der Waals surface area (Å²) < 4.78 is 24.7. The Bertz CT molecular complexity index is 980. The summed E-state index contributed by atoms with van der Waals surface area (Å²) in [6, 6.07) is 5.47. The molecule has 2 fully saturated rings. The third-order valence-corrected chi connectivity index (χ3v) is 7.09. The number of hydrogen-bond donors (Lipinski definition) is 0. The van der Waals surface area contributed by atoms with Gasteiger partial charge >= 0.3 is 0 Å². The number of carbonyl (C=O) groups is 1. The summed E-state index contributed by atoms with van der Waals surface area (Å²) in [5.41, 5.74) is 1.17. The van der Waals surface area contributed by atoms with Crippen LogP contribution in [0.4, 0.5) is 0 Å². The highest BCUT2D eigenvalue weighted by Crippen LogP contribution is 2.34. The highest BCUT2D eigenvalue weighted by molar-refractivity contribution is 7.90. The van der Waals surface area contributed by atoms with Crippen molar-refractivity contribution in [2.45, 2.75) is 49.3 Å². The number of hydrogen-bond acceptors (Lipinski definition) is 6. The number of aromatic nitrogens is 3. The SMILES string of the molecule is CS(=O)(=O)c1cnc(-c2ccccn2)nc1C1CCN(C(=O)C2CCCC2)CC1. The predicted molar refractivity (Wildman–Crippen MR) is 109 cm³/mol. The van der Waals surface area contributed by atoms with Crippen molar-refractivity contribution in [1.29, 1.82) is 0 Å². The molecule has 1 aliphatic heterocycles. The molecule has 2 aromatic rings. The van der Waals surface area contributed by atoms with Gasteiger partial charge in [-0.15, -0.1) is 0 Å². The maximum atomic E-state index is 12.7. The van der Waals surface area contributed by atoms with Crippen LogP contribution in [-0.2, 0) is 14.6 Å². The van der Waals surface area contributed by atoms with Gasteiger partial charge in [-0.3, -0.25) is 9.78 Å². The third-order valence-electron chi connectivity index (χ3n) is 5.97. The van der Waals surface area contributed by atoms with Crippen molar-refractivity contribution in [3.05, 3.63) is 36.3 Å². The van der Waals surface area contributed by atoms with E-state index in [1.165, 1.54) is 12.5 Å². The standard InChI is InChI=1S/C21H26N4O3S/c1-29(27,28)18-14-23-20(17-8-4-5-11-22-17)24-19(18)15-9-12-25(13-10-15)21(26)16-6-2-3-7-16/h4-5,8,11,14-16H,2-3,6-7,9-10,12-13H2,1H3. The fraction of sp³-hybridized carbons (Fsp3) is 0.524. The van der Waals surface area contributed by atoms with Crippen molar-refractivity contribution in [1.82, 2.24) is 19.9 Å². The smallest absolute Gasteiger partial charge is 0.225 e. The van der Waals surface area contributed by atoms with Crippen LogP contribution in [0.15, 0.2) is 35.5 Å². The Balaban J connectivity index is 1.58. The van der Waals surface area contributed by atoms with Crippen LogP contribution in [0.3, 0.4) is 0 Å². The number of piperidine rings is 1. The first-order valence-corrected chi connectivity index (χ1v) is 12.1. The van der Waals surface area contributed by atoms with Crippen LogP contribution in [0, 0.1) is 5.92 Å². The fourth-order valence-corrected chi connectivity index (χ4v) is 5.22. The van der Waals surface area contributed by atoms with Gasteiger partial charge in [-0.1, -0.05) is 18.9 Å². The average Bonchev–Trinajstić information content (AvgIpc) is 3.28. The molecule has 2 aliphatic rings. The lowest BCUT2D eigenvalue weighted by Crippen LogP contribution is -2.41. The molecule has 0 atom stereocenters. The molecule has 1 saturated carbocycles. The maximum absolute atomic E-state index is 12.7. The molecule has 1 aliphatic carbocycles. The van der Waals surface area contributed by atoms with Crippen molar-refractivity contribution < 1.29 is 13.2 Å². The summed E-state index contributed by atoms with van der Waals surface area (Å²) in [6.45, 7) is 1.29. The molecule has 0 aromatic carbocycles. The van der Waals surface area contributed by atoms with Crippen LogP contribution in [0.5, 0.6) is 0 Å². The minimum Gasteiger partial charge on any atom is -0.342 e. The van der Waals surface area contributed by atoms with E-state index in [0.717, 1.165) is 25.7 Å². The Morgan fingerprint density at radius 1 is 1.07 bits per heavy atom. The summed E-state index contributed by atoms with van der Waals surface area (Å²) in [5, 5.41) is 0. The topological polar surface area (TPSA) is 93.1 Å². The second-order valence-electron chi connectivity index (χ2n) is 8.01. The van der Waals surface area contributed by atoms with Crippen LogP contribution in [0.25, 0.3) is 11.5 Å². The summed E-state index contributed by atoms with van der Waals surface area (Å²) >= 11 is 0. The molecule has 0 unspecified atom stereocenters. The number of amides is 1. The lowest BCUT2D eigenvalue weighted by Gasteiger charge is -2.33. The second-order valence-corrected chi connectivity index (χ2v) is 10.00. The zero-order valence-electron chi connectivity index (χ0n) is 16.6. The van der Waals surface area contributed by atoms with E-state index in [2.05, 4.69) is 15.0 Å². The van der Waals surface area contributed by atoms with Crippen molar-refractivity contribution in [3.63, 3.8) is 0 Å². The van der Waals surface area contributed by atoms with Gasteiger partial charge in [0.1, 0.15) is 10.6 Å². The van der Waals surface area contributed by atoms with E-state index in [1.807, 2.05) is 23.1 Å². The van der Waals surface area contributed by atoms with Gasteiger partial charge in [0, 0.05) is 43.6 Å². The molecule has 1 saturated heterocycles. The molecule has 3 heterocycles. The fourth-order valence-electron chi connectivity index (χ4n) is 4.38. The van der Waals surface area contributed by atoms with Crippen molar-refractivity contribution in [2.75, 3.05) is 19.3 Å². The van der Waals surface area contributed by atoms with E-state index in [0.29, 0.717) is 43.1 Å². The van der Waals surface area contributed by atoms with Crippen LogP contribution in [0.2, 0.25) is 0 Å². The van der Waals surface area contributed by atoms with Gasteiger partial charge in [-0.25, -0.2) is 18.4 Å². The molecule has 0 N–H and O–H groups in total. The highest BCUT2D eigenvalue weighted by Gasteiger charge is 2.32. The quantitative estimate of drug-likeness (QED) is 0.764. The maximum Gasteiger partial charge on any atom is 0.225 e. The molecule has 29 heavy (non-hydrogen) atoms. The van der Waals surface area contributed by atoms with Crippen LogP contribution >= 0.6 is 0 Å². The number of carbonyl (C=O) groups excluding carboxylic acids is 1. The summed E-state index contributed by atoms with van der Waals surface area (Å²) in [7, 11) is -3.45. The summed E-state index contributed by atoms with van der Waals surface area (Å²) in [4.78, 5) is 28.0. The van der Waals surface area contributed by atoms with Gasteiger partial charge in [-0.05, 0) is 37.8 Å². The number of sulfone groups is 1. The van der Waals surface area contributed by atoms with Gasteiger partial charge in [0.15, 0.2) is 15.7 Å². The first-order chi connectivity index (χ1) is 13.9. The van der Waals surface area contributed by atoms with Gasteiger partial charge in [-0.2, -0.15) is 0 Å². The average molecular weight is 415 g/mol. The highest BCUT2D eigenvalue weighted by atomic mass is 32.2. The van der Waals surface area contributed by atoms with E-state index < -0.39 is 9.84 Å². The normalized spacial score (nSPS) is 18.9. The number of rotatable bonds is 4. The molecule has 8 heteroatoms. The molecule has 7 nitrogen and oxygen atoms in total. The summed E-state index contributed by atoms with van der Waals surface area (Å²) in [6.07, 6.45) is 9.94. The Morgan fingerprint density at radius 3 is 2.41 bits per heavy atom. The third kappa shape index (κ3) is 4.32. The molecule has 0 spiro atoms. The van der Waals surface area contributed by atoms with E-state index in [9.17, 15) is 13.2 Å². The second kappa shape index (κ2) is 8.18. The molecule has 154 valence electrons. The zero-order chi connectivity index (χ0) is 20.4. The Labute approximate surface area is 171 Å². The predicted octanol–water partition coefficient (Wildman–Crippen LogP) is 2.84. The molecule has 0 bridgehead atoms. The minimum absolute atomic E-state index is 0.0159. The van der Waals surface area contributed by atoms with Gasteiger partial charge in [0.25, 0.3) is 0 Å². The molecule has 4 rings (SSSR count). The largest absolute Gasteiger partial charge is 0.342 e. The van der Waals surface area contributed by atoms with Crippen molar-refractivity contribution >= 4 is 15.7 Å². The number of likely N-dealkylation sites (tertiary alicyclic amines) is 1. The van der Waals surface area contributed by atoms with Crippen LogP contribution in [-0.4, -0.2) is 53.5 Å². The van der Waals surface area contributed by atoms with E-state index in [4.69, 9.17) is 0 Å². The first-order valence-electron chi connectivity index (χ1n) is 10.2. The lowest BCUT2D eigenvalue weighted by atomic mass is 9.92. The van der Waals surface area contributed by atoms with Crippen LogP contribution < -0.4 is 0 Å². The van der Waals surface area contributed by atoms with E-state index in [-0.39, 0.29) is 22.6 Å². The van der Waals surface area contributed by atoms with Crippen LogP contribution in [0.1, 0.15) is 50.1 Å². The van der Waals surface area contributed by atoms with Gasteiger partial charge in [0.05, 0.1) is 5.69 Å². The molecule has 0 radical (unpaired) electrons. The van der Waals surface area contributed by atoms with Crippen molar-refractivity contribution in [2.24, 2.45) is 5.92 Å². The molecule has 1 amide bonds. The van der Waals surface area contributed by atoms with E-state index >= 15 is 0 Å². The summed E-state index contributed by atoms with van der Waals surface area (Å²) in [5.74, 6) is 0.851. The number of pyridine rings is 1. The Hall–Kier alpha value is -2.35. The zero-order valence-corrected chi connectivity index (χ0v) is 17.4. The lowest BCUT2D eigenvalue weighted by molar-refractivity contribution is -0.136. The monoisotopic (exact) mass is 414 g/mol. The molecule has 2 aromatic heterocycles. The van der Waals surface area contributed by atoms with E-state index in [1.54, 1.807) is 6.20 Å². The first kappa shape index (κ1) is 19.9. The Morgan fingerprint density at radius 2 is 1.79 bits per heavy atom. The molecular formula is C21H26N4O3S.